The van der Waals surface area contributed by atoms with Gasteiger partial charge in [-0.3, -0.25) is 0 Å². The summed E-state index contributed by atoms with van der Waals surface area (Å²) in [6.07, 6.45) is 33.3. The smallest absolute Gasteiger partial charge is 0.545 e. The molecule has 0 aromatic rings. The average Bonchev–Trinajstić information content (AvgIpc) is 3.00. The van der Waals surface area contributed by atoms with E-state index in [1.54, 1.807) is 0 Å². The summed E-state index contributed by atoms with van der Waals surface area (Å²) in [6.45, 7) is 5.19. The fraction of sp³-hybridized carbons (Fsp3) is 0.778. The summed E-state index contributed by atoms with van der Waals surface area (Å²) in [6, 6.07) is 0. The number of carboxylic acids is 2. The quantitative estimate of drug-likeness (QED) is 0.0360. The minimum atomic E-state index is -1.39. The van der Waals surface area contributed by atoms with E-state index in [4.69, 9.17) is 9.47 Å². The maximum atomic E-state index is 11.0. The second-order valence-corrected chi connectivity index (χ2v) is 11.4. The average molecular weight is 663 g/mol. The predicted molar refractivity (Wildman–Crippen MR) is 178 cm³/mol. The largest absolute Gasteiger partial charge is 2.00 e. The van der Waals surface area contributed by atoms with E-state index in [9.17, 15) is 29.4 Å². The van der Waals surface area contributed by atoms with Gasteiger partial charge in [-0.2, -0.15) is 0 Å². The van der Waals surface area contributed by atoms with E-state index in [1.807, 2.05) is 0 Å². The first-order valence-electron chi connectivity index (χ1n) is 17.4. The molecule has 8 nitrogen and oxygen atoms in total. The third-order valence-corrected chi connectivity index (χ3v) is 7.20. The Morgan fingerprint density at radius 1 is 0.400 bits per heavy atom. The Morgan fingerprint density at radius 2 is 0.622 bits per heavy atom. The number of hydrogen-bond acceptors (Lipinski definition) is 8. The van der Waals surface area contributed by atoms with E-state index in [2.05, 4.69) is 13.8 Å². The van der Waals surface area contributed by atoms with Crippen LogP contribution in [0, 0.1) is 0 Å². The van der Waals surface area contributed by atoms with Gasteiger partial charge in [0.25, 0.3) is 0 Å². The molecule has 0 saturated heterocycles. The standard InChI is InChI=1S/2C18H32O4.Ca/c2*1-2-3-4-5-6-7-8-9-10-11-12-13-16-22-18(21)15-14-17(19)20;/h2*14-15H,2-13,16H2,1H3,(H,19,20);/q;;+2/p-2/b2*15-14-;. The number of esters is 2. The molecule has 0 fully saturated rings. The summed E-state index contributed by atoms with van der Waals surface area (Å²) in [5.74, 6) is -4.01. The zero-order valence-corrected chi connectivity index (χ0v) is 30.9. The van der Waals surface area contributed by atoms with Crippen molar-refractivity contribution < 1.29 is 38.9 Å². The van der Waals surface area contributed by atoms with Crippen molar-refractivity contribution >= 4 is 61.6 Å². The Morgan fingerprint density at radius 3 is 0.844 bits per heavy atom. The maximum Gasteiger partial charge on any atom is 2.00 e. The zero-order valence-electron chi connectivity index (χ0n) is 28.7. The Bertz CT molecular complexity index is 689. The first-order valence-corrected chi connectivity index (χ1v) is 17.4. The molecule has 45 heavy (non-hydrogen) atoms. The number of carboxylic acid groups (broad SMARTS) is 2. The molecule has 0 aromatic carbocycles. The van der Waals surface area contributed by atoms with Gasteiger partial charge in [0.2, 0.25) is 0 Å². The molecule has 0 N–H and O–H groups in total. The molecule has 0 saturated carbocycles. The first kappa shape index (κ1) is 48.0. The Hall–Kier alpha value is -1.38. The van der Waals surface area contributed by atoms with Crippen molar-refractivity contribution in [1.29, 1.82) is 0 Å². The number of rotatable bonds is 30. The molecular weight excluding hydrogens is 600 g/mol. The Kier molecular flexibility index (Phi) is 43.4. The molecule has 0 atom stereocenters. The summed E-state index contributed by atoms with van der Waals surface area (Å²) in [5.41, 5.74) is 0. The van der Waals surface area contributed by atoms with Gasteiger partial charge in [-0.05, 0) is 25.0 Å². The summed E-state index contributed by atoms with van der Waals surface area (Å²) in [4.78, 5) is 42.3. The minimum absolute atomic E-state index is 0. The molecule has 0 bridgehead atoms. The SMILES string of the molecule is CCCCCCCCCCCCCCOC(=O)/C=C\C(=O)[O-].CCCCCCCCCCCCCCOC(=O)/C=C\C(=O)[O-].[Ca+2]. The van der Waals surface area contributed by atoms with Crippen LogP contribution in [0.5, 0.6) is 0 Å². The Labute approximate surface area is 304 Å². The van der Waals surface area contributed by atoms with Gasteiger partial charge in [0, 0.05) is 12.2 Å². The first-order chi connectivity index (χ1) is 21.3. The number of carbonyl (C=O) groups is 4. The number of carbonyl (C=O) groups excluding carboxylic acids is 4. The summed E-state index contributed by atoms with van der Waals surface area (Å²) in [7, 11) is 0. The molecule has 0 aliphatic carbocycles. The topological polar surface area (TPSA) is 133 Å². The molecule has 0 rings (SSSR count). The van der Waals surface area contributed by atoms with Crippen LogP contribution < -0.4 is 10.2 Å². The number of aliphatic carboxylic acids is 2. The van der Waals surface area contributed by atoms with E-state index in [0.717, 1.165) is 37.8 Å². The van der Waals surface area contributed by atoms with Gasteiger partial charge in [-0.25, -0.2) is 9.59 Å². The normalized spacial score (nSPS) is 10.7. The van der Waals surface area contributed by atoms with Crippen LogP contribution in [0.1, 0.15) is 168 Å². The van der Waals surface area contributed by atoms with Gasteiger partial charge in [-0.15, -0.1) is 0 Å². The van der Waals surface area contributed by atoms with E-state index in [0.29, 0.717) is 25.4 Å². The molecule has 256 valence electrons. The van der Waals surface area contributed by atoms with E-state index >= 15 is 0 Å². The van der Waals surface area contributed by atoms with Crippen molar-refractivity contribution in [3.63, 3.8) is 0 Å². The monoisotopic (exact) mass is 662 g/mol. The summed E-state index contributed by atoms with van der Waals surface area (Å²) >= 11 is 0. The molecule has 0 amide bonds. The van der Waals surface area contributed by atoms with Crippen molar-refractivity contribution in [3.05, 3.63) is 24.3 Å². The number of ether oxygens (including phenoxy) is 2. The molecule has 0 spiro atoms. The van der Waals surface area contributed by atoms with Crippen LogP contribution in [0.25, 0.3) is 0 Å². The van der Waals surface area contributed by atoms with Crippen LogP contribution in [0.15, 0.2) is 24.3 Å². The molecule has 0 aromatic heterocycles. The molecule has 0 unspecified atom stereocenters. The minimum Gasteiger partial charge on any atom is -0.545 e. The summed E-state index contributed by atoms with van der Waals surface area (Å²) < 4.78 is 9.73. The van der Waals surface area contributed by atoms with Crippen LogP contribution in [0.4, 0.5) is 0 Å². The molecular formula is C36H62CaO8. The number of unbranched alkanes of at least 4 members (excludes halogenated alkanes) is 22. The predicted octanol–water partition coefficient (Wildman–Crippen LogP) is 6.69. The Balaban J connectivity index is -0.000000767. The van der Waals surface area contributed by atoms with Crippen molar-refractivity contribution in [1.82, 2.24) is 0 Å². The van der Waals surface area contributed by atoms with E-state index < -0.39 is 23.9 Å². The third kappa shape index (κ3) is 47.1. The summed E-state index contributed by atoms with van der Waals surface area (Å²) in [5, 5.41) is 20.2. The van der Waals surface area contributed by atoms with Crippen LogP contribution in [0.2, 0.25) is 0 Å². The second-order valence-electron chi connectivity index (χ2n) is 11.4. The van der Waals surface area contributed by atoms with Gasteiger partial charge in [0.05, 0.1) is 25.2 Å². The zero-order chi connectivity index (χ0) is 32.9. The molecule has 0 aliphatic heterocycles. The van der Waals surface area contributed by atoms with Crippen LogP contribution in [-0.2, 0) is 28.7 Å². The number of hydrogen-bond donors (Lipinski definition) is 0. The van der Waals surface area contributed by atoms with Crippen molar-refractivity contribution in [3.8, 4) is 0 Å². The van der Waals surface area contributed by atoms with Crippen LogP contribution >= 0.6 is 0 Å². The second kappa shape index (κ2) is 40.6. The van der Waals surface area contributed by atoms with Crippen molar-refractivity contribution in [2.24, 2.45) is 0 Å². The third-order valence-electron chi connectivity index (χ3n) is 7.20. The van der Waals surface area contributed by atoms with E-state index in [1.165, 1.54) is 128 Å². The molecule has 9 heteroatoms. The van der Waals surface area contributed by atoms with Gasteiger partial charge in [0.15, 0.2) is 0 Å². The van der Waals surface area contributed by atoms with Crippen molar-refractivity contribution in [2.45, 2.75) is 168 Å². The van der Waals surface area contributed by atoms with Gasteiger partial charge in [-0.1, -0.05) is 155 Å². The van der Waals surface area contributed by atoms with Gasteiger partial charge < -0.3 is 29.3 Å². The molecule has 0 aliphatic rings. The van der Waals surface area contributed by atoms with Crippen LogP contribution in [-0.4, -0.2) is 74.8 Å². The fourth-order valence-electron chi connectivity index (χ4n) is 4.60. The van der Waals surface area contributed by atoms with Gasteiger partial charge in [0.1, 0.15) is 0 Å². The molecule has 0 radical (unpaired) electrons. The molecule has 0 heterocycles. The van der Waals surface area contributed by atoms with Crippen molar-refractivity contribution in [2.75, 3.05) is 13.2 Å². The van der Waals surface area contributed by atoms with Crippen LogP contribution in [0.3, 0.4) is 0 Å². The van der Waals surface area contributed by atoms with Gasteiger partial charge >= 0.3 is 49.7 Å². The van der Waals surface area contributed by atoms with E-state index in [-0.39, 0.29) is 37.7 Å². The fourth-order valence-corrected chi connectivity index (χ4v) is 4.60. The maximum absolute atomic E-state index is 11.0.